The summed E-state index contributed by atoms with van der Waals surface area (Å²) in [5.41, 5.74) is 0. The second kappa shape index (κ2) is 6.09. The molecule has 0 N–H and O–H groups in total. The minimum absolute atomic E-state index is 0.180. The third-order valence-corrected chi connectivity index (χ3v) is 5.02. The molecule has 104 valence electrons. The Bertz CT molecular complexity index is 418. The maximum Gasteiger partial charge on any atom is 0.216 e. The molecule has 2 aliphatic heterocycles. The Kier molecular flexibility index (Phi) is 4.23. The van der Waals surface area contributed by atoms with Crippen molar-refractivity contribution in [1.82, 2.24) is 9.88 Å². The number of aromatic nitrogens is 1. The van der Waals surface area contributed by atoms with Crippen LogP contribution in [0.4, 0.5) is 4.39 Å². The van der Waals surface area contributed by atoms with Crippen molar-refractivity contribution < 1.29 is 9.13 Å². The van der Waals surface area contributed by atoms with Gasteiger partial charge in [-0.05, 0) is 31.1 Å². The molecule has 3 heterocycles. The number of ether oxygens (including phenoxy) is 1. The van der Waals surface area contributed by atoms with Crippen LogP contribution in [0.2, 0.25) is 0 Å². The Morgan fingerprint density at radius 2 is 2.11 bits per heavy atom. The van der Waals surface area contributed by atoms with Gasteiger partial charge in [-0.2, -0.15) is 21.1 Å². The average molecular weight is 282 g/mol. The molecule has 0 saturated carbocycles. The number of rotatable bonds is 3. The van der Waals surface area contributed by atoms with E-state index in [2.05, 4.69) is 21.6 Å². The van der Waals surface area contributed by atoms with Crippen LogP contribution in [0.25, 0.3) is 0 Å². The topological polar surface area (TPSA) is 25.4 Å². The molecule has 2 aliphatic rings. The lowest BCUT2D eigenvalue weighted by molar-refractivity contribution is 0.0781. The highest BCUT2D eigenvalue weighted by molar-refractivity contribution is 7.99. The number of hydrogen-bond donors (Lipinski definition) is 0. The Morgan fingerprint density at radius 3 is 2.79 bits per heavy atom. The summed E-state index contributed by atoms with van der Waals surface area (Å²) in [4.78, 5) is 6.34. The van der Waals surface area contributed by atoms with Crippen molar-refractivity contribution in [3.8, 4) is 5.88 Å². The van der Waals surface area contributed by atoms with Gasteiger partial charge in [0.1, 0.15) is 6.10 Å². The van der Waals surface area contributed by atoms with Gasteiger partial charge in [-0.15, -0.1) is 0 Å². The number of thioether (sulfide) groups is 1. The van der Waals surface area contributed by atoms with Crippen LogP contribution in [0.15, 0.2) is 18.2 Å². The molecular formula is C14H19FN2OS. The molecule has 19 heavy (non-hydrogen) atoms. The zero-order valence-electron chi connectivity index (χ0n) is 10.9. The summed E-state index contributed by atoms with van der Waals surface area (Å²) in [6.07, 6.45) is 3.53. The molecule has 0 bridgehead atoms. The van der Waals surface area contributed by atoms with E-state index in [0.29, 0.717) is 5.88 Å². The van der Waals surface area contributed by atoms with Gasteiger partial charge in [-0.1, -0.05) is 6.07 Å². The second-order valence-corrected chi connectivity index (χ2v) is 6.32. The molecule has 0 aliphatic carbocycles. The zero-order chi connectivity index (χ0) is 13.1. The maximum atomic E-state index is 13.0. The number of halogens is 1. The Balaban J connectivity index is 1.50. The molecule has 2 fully saturated rings. The third-order valence-electron chi connectivity index (χ3n) is 3.88. The Labute approximate surface area is 117 Å². The summed E-state index contributed by atoms with van der Waals surface area (Å²) < 4.78 is 18.8. The van der Waals surface area contributed by atoms with Crippen LogP contribution in [0.1, 0.15) is 19.3 Å². The van der Waals surface area contributed by atoms with E-state index >= 15 is 0 Å². The molecule has 5 heteroatoms. The van der Waals surface area contributed by atoms with Crippen LogP contribution < -0.4 is 4.74 Å². The van der Waals surface area contributed by atoms with Gasteiger partial charge in [0, 0.05) is 31.0 Å². The van der Waals surface area contributed by atoms with Gasteiger partial charge in [0.15, 0.2) is 0 Å². The molecular weight excluding hydrogens is 263 g/mol. The molecule has 0 spiro atoms. The lowest BCUT2D eigenvalue weighted by atomic mass is 10.1. The van der Waals surface area contributed by atoms with E-state index in [4.69, 9.17) is 4.74 Å². The Hall–Kier alpha value is -0.810. The van der Waals surface area contributed by atoms with Crippen LogP contribution in [0.5, 0.6) is 5.88 Å². The zero-order valence-corrected chi connectivity index (χ0v) is 11.7. The van der Waals surface area contributed by atoms with Crippen molar-refractivity contribution in [1.29, 1.82) is 0 Å². The first-order chi connectivity index (χ1) is 9.31. The Morgan fingerprint density at radius 1 is 1.26 bits per heavy atom. The van der Waals surface area contributed by atoms with Crippen molar-refractivity contribution >= 4 is 11.8 Å². The highest BCUT2D eigenvalue weighted by Gasteiger charge is 2.28. The van der Waals surface area contributed by atoms with Crippen LogP contribution in [-0.4, -0.2) is 46.6 Å². The summed E-state index contributed by atoms with van der Waals surface area (Å²) in [6, 6.07) is 5.47. The monoisotopic (exact) mass is 282 g/mol. The second-order valence-electron chi connectivity index (χ2n) is 5.17. The van der Waals surface area contributed by atoms with Crippen molar-refractivity contribution in [3.63, 3.8) is 0 Å². The molecule has 1 aromatic heterocycles. The molecule has 0 aromatic carbocycles. The highest BCUT2D eigenvalue weighted by atomic mass is 32.2. The van der Waals surface area contributed by atoms with Gasteiger partial charge in [-0.3, -0.25) is 4.90 Å². The van der Waals surface area contributed by atoms with Gasteiger partial charge >= 0.3 is 0 Å². The number of piperidine rings is 1. The van der Waals surface area contributed by atoms with Crippen LogP contribution in [0.3, 0.4) is 0 Å². The standard InChI is InChI=1S/C14H19FN2OS/c15-13-2-1-3-14(16-13)18-12-4-7-17(8-5-12)11-6-9-19-10-11/h1-3,11-12H,4-10H2. The van der Waals surface area contributed by atoms with Crippen molar-refractivity contribution in [2.45, 2.75) is 31.4 Å². The normalized spacial score (nSPS) is 25.6. The molecule has 1 atom stereocenters. The van der Waals surface area contributed by atoms with Gasteiger partial charge in [-0.25, -0.2) is 0 Å². The molecule has 3 nitrogen and oxygen atoms in total. The molecule has 0 radical (unpaired) electrons. The summed E-state index contributed by atoms with van der Waals surface area (Å²) >= 11 is 2.06. The lowest BCUT2D eigenvalue weighted by Gasteiger charge is -2.35. The van der Waals surface area contributed by atoms with E-state index < -0.39 is 5.95 Å². The van der Waals surface area contributed by atoms with Crippen molar-refractivity contribution in [2.24, 2.45) is 0 Å². The summed E-state index contributed by atoms with van der Waals surface area (Å²) in [5.74, 6) is 2.51. The molecule has 1 aromatic rings. The summed E-state index contributed by atoms with van der Waals surface area (Å²) in [6.45, 7) is 2.18. The highest BCUT2D eigenvalue weighted by Crippen LogP contribution is 2.26. The quantitative estimate of drug-likeness (QED) is 0.796. The molecule has 0 amide bonds. The SMILES string of the molecule is Fc1cccc(OC2CCN(C3CCSC3)CC2)n1. The van der Waals surface area contributed by atoms with Crippen molar-refractivity contribution in [2.75, 3.05) is 24.6 Å². The van der Waals surface area contributed by atoms with Crippen LogP contribution in [-0.2, 0) is 0 Å². The van der Waals surface area contributed by atoms with Gasteiger partial charge in [0.05, 0.1) is 0 Å². The van der Waals surface area contributed by atoms with E-state index in [1.807, 2.05) is 0 Å². The van der Waals surface area contributed by atoms with Crippen molar-refractivity contribution in [3.05, 3.63) is 24.1 Å². The first-order valence-corrected chi connectivity index (χ1v) is 8.08. The average Bonchev–Trinajstić information content (AvgIpc) is 2.94. The number of hydrogen-bond acceptors (Lipinski definition) is 4. The predicted octanol–water partition coefficient (Wildman–Crippen LogP) is 2.57. The first kappa shape index (κ1) is 13.2. The van der Waals surface area contributed by atoms with Crippen LogP contribution in [0, 0.1) is 5.95 Å². The largest absolute Gasteiger partial charge is 0.474 e. The summed E-state index contributed by atoms with van der Waals surface area (Å²) in [5, 5.41) is 0. The number of likely N-dealkylation sites (tertiary alicyclic amines) is 1. The van der Waals surface area contributed by atoms with Crippen LogP contribution >= 0.6 is 11.8 Å². The minimum atomic E-state index is -0.474. The molecule has 1 unspecified atom stereocenters. The van der Waals surface area contributed by atoms with Gasteiger partial charge < -0.3 is 4.74 Å². The molecule has 2 saturated heterocycles. The lowest BCUT2D eigenvalue weighted by Crippen LogP contribution is -2.44. The number of pyridine rings is 1. The fraction of sp³-hybridized carbons (Fsp3) is 0.643. The third kappa shape index (κ3) is 3.39. The fourth-order valence-corrected chi connectivity index (χ4v) is 4.05. The van der Waals surface area contributed by atoms with E-state index in [-0.39, 0.29) is 6.10 Å². The van der Waals surface area contributed by atoms with Gasteiger partial charge in [0.2, 0.25) is 11.8 Å². The number of nitrogens with zero attached hydrogens (tertiary/aromatic N) is 2. The van der Waals surface area contributed by atoms with E-state index in [1.54, 1.807) is 12.1 Å². The minimum Gasteiger partial charge on any atom is -0.474 e. The summed E-state index contributed by atoms with van der Waals surface area (Å²) in [7, 11) is 0. The van der Waals surface area contributed by atoms with Gasteiger partial charge in [0.25, 0.3) is 0 Å². The fourth-order valence-electron chi connectivity index (χ4n) is 2.79. The maximum absolute atomic E-state index is 13.0. The van der Waals surface area contributed by atoms with E-state index in [1.165, 1.54) is 24.0 Å². The predicted molar refractivity (Wildman–Crippen MR) is 75.1 cm³/mol. The smallest absolute Gasteiger partial charge is 0.216 e. The van der Waals surface area contributed by atoms with E-state index in [9.17, 15) is 4.39 Å². The first-order valence-electron chi connectivity index (χ1n) is 6.92. The molecule has 3 rings (SSSR count). The van der Waals surface area contributed by atoms with E-state index in [0.717, 1.165) is 32.0 Å².